The fourth-order valence-corrected chi connectivity index (χ4v) is 4.29. The first-order chi connectivity index (χ1) is 14.9. The number of carbonyl (C=O) groups is 3. The van der Waals surface area contributed by atoms with Crippen molar-refractivity contribution in [2.24, 2.45) is 0 Å². The molecule has 2 fully saturated rings. The minimum Gasteiger partial charge on any atom is -0.493 e. The van der Waals surface area contributed by atoms with E-state index in [1.807, 2.05) is 0 Å². The number of methoxy groups -OCH3 is 3. The number of hydrogen-bond donors (Lipinski definition) is 1. The van der Waals surface area contributed by atoms with Gasteiger partial charge in [0.15, 0.2) is 11.5 Å². The number of nitrogens with one attached hydrogen (secondary N) is 1. The van der Waals surface area contributed by atoms with Gasteiger partial charge in [-0.3, -0.25) is 14.5 Å². The van der Waals surface area contributed by atoms with Crippen LogP contribution >= 0.6 is 0 Å². The second kappa shape index (κ2) is 9.89. The van der Waals surface area contributed by atoms with Crippen molar-refractivity contribution in [3.63, 3.8) is 0 Å². The minimum atomic E-state index is -0.815. The van der Waals surface area contributed by atoms with Crippen LogP contribution in [0.15, 0.2) is 12.1 Å². The Balaban J connectivity index is 1.64. The summed E-state index contributed by atoms with van der Waals surface area (Å²) in [7, 11) is 6.25. The molecule has 1 N–H and O–H groups in total. The highest BCUT2D eigenvalue weighted by Gasteiger charge is 2.43. The van der Waals surface area contributed by atoms with Crippen LogP contribution in [0.1, 0.15) is 44.1 Å². The Morgan fingerprint density at radius 3 is 2.23 bits per heavy atom. The Bertz CT molecular complexity index is 812. The molecule has 3 rings (SSSR count). The highest BCUT2D eigenvalue weighted by molar-refractivity contribution is 6.06. The topological polar surface area (TPSA) is 97.4 Å². The molecule has 2 aliphatic rings. The van der Waals surface area contributed by atoms with Crippen molar-refractivity contribution < 1.29 is 28.6 Å². The van der Waals surface area contributed by atoms with Gasteiger partial charge in [0.25, 0.3) is 5.91 Å². The summed E-state index contributed by atoms with van der Waals surface area (Å²) in [5.74, 6) is 0.937. The quantitative estimate of drug-likeness (QED) is 0.632. The number of urea groups is 1. The molecule has 0 spiro atoms. The number of imide groups is 1. The van der Waals surface area contributed by atoms with Gasteiger partial charge in [0.2, 0.25) is 11.7 Å². The Labute approximate surface area is 182 Å². The van der Waals surface area contributed by atoms with Crippen LogP contribution in [0.3, 0.4) is 0 Å². The average molecular weight is 434 g/mol. The Morgan fingerprint density at radius 2 is 1.68 bits per heavy atom. The maximum absolute atomic E-state index is 12.8. The zero-order valence-electron chi connectivity index (χ0n) is 18.6. The van der Waals surface area contributed by atoms with E-state index in [4.69, 9.17) is 14.2 Å². The zero-order chi connectivity index (χ0) is 22.5. The molecule has 0 bridgehead atoms. The van der Waals surface area contributed by atoms with Crippen LogP contribution in [0.25, 0.3) is 0 Å². The van der Waals surface area contributed by atoms with Crippen LogP contribution in [-0.2, 0) is 16.1 Å². The first-order valence-electron chi connectivity index (χ1n) is 10.6. The summed E-state index contributed by atoms with van der Waals surface area (Å²) in [4.78, 5) is 40.8. The molecule has 9 heteroatoms. The summed E-state index contributed by atoms with van der Waals surface area (Å²) in [6.45, 7) is 0.288. The molecular formula is C22H31N3O6. The smallest absolute Gasteiger partial charge is 0.325 e. The molecule has 1 saturated carbocycles. The molecule has 1 aliphatic carbocycles. The number of nitrogens with zero attached hydrogens (tertiary/aromatic N) is 2. The molecule has 0 aromatic heterocycles. The van der Waals surface area contributed by atoms with Gasteiger partial charge in [0, 0.05) is 19.6 Å². The van der Waals surface area contributed by atoms with E-state index >= 15 is 0 Å². The predicted octanol–water partition coefficient (Wildman–Crippen LogP) is 2.31. The van der Waals surface area contributed by atoms with E-state index in [0.29, 0.717) is 17.2 Å². The molecular weight excluding hydrogens is 402 g/mol. The van der Waals surface area contributed by atoms with E-state index in [2.05, 4.69) is 5.32 Å². The first-order valence-corrected chi connectivity index (χ1v) is 10.6. The van der Waals surface area contributed by atoms with E-state index in [1.165, 1.54) is 31.1 Å². The summed E-state index contributed by atoms with van der Waals surface area (Å²) < 4.78 is 16.0. The predicted molar refractivity (Wildman–Crippen MR) is 113 cm³/mol. The third-order valence-corrected chi connectivity index (χ3v) is 5.94. The molecule has 9 nitrogen and oxygen atoms in total. The Hall–Kier alpha value is -2.97. The van der Waals surface area contributed by atoms with E-state index < -0.39 is 6.04 Å². The highest BCUT2D eigenvalue weighted by atomic mass is 16.5. The third kappa shape index (κ3) is 4.86. The van der Waals surface area contributed by atoms with Gasteiger partial charge in [-0.1, -0.05) is 19.3 Å². The molecule has 1 heterocycles. The molecule has 4 amide bonds. The van der Waals surface area contributed by atoms with Crippen molar-refractivity contribution in [2.75, 3.05) is 28.4 Å². The summed E-state index contributed by atoms with van der Waals surface area (Å²) in [5.41, 5.74) is 0.788. The third-order valence-electron chi connectivity index (χ3n) is 5.94. The Kier molecular flexibility index (Phi) is 7.25. The number of amides is 4. The maximum Gasteiger partial charge on any atom is 0.325 e. The van der Waals surface area contributed by atoms with Crippen molar-refractivity contribution in [1.29, 1.82) is 0 Å². The van der Waals surface area contributed by atoms with Crippen LogP contribution in [0.2, 0.25) is 0 Å². The lowest BCUT2D eigenvalue weighted by Crippen LogP contribution is -2.42. The molecule has 0 radical (unpaired) electrons. The molecule has 1 aromatic rings. The fraction of sp³-hybridized carbons (Fsp3) is 0.591. The lowest BCUT2D eigenvalue weighted by Gasteiger charge is -2.28. The molecule has 1 saturated heterocycles. The van der Waals surface area contributed by atoms with E-state index in [-0.39, 0.29) is 36.9 Å². The molecule has 1 atom stereocenters. The number of rotatable bonds is 8. The number of ether oxygens (including phenoxy) is 3. The largest absolute Gasteiger partial charge is 0.493 e. The van der Waals surface area contributed by atoms with Crippen LogP contribution in [-0.4, -0.2) is 68.1 Å². The van der Waals surface area contributed by atoms with Crippen molar-refractivity contribution in [2.45, 2.75) is 57.2 Å². The van der Waals surface area contributed by atoms with Gasteiger partial charge >= 0.3 is 6.03 Å². The first kappa shape index (κ1) is 22.7. The van der Waals surface area contributed by atoms with Crippen molar-refractivity contribution >= 4 is 17.8 Å². The summed E-state index contributed by atoms with van der Waals surface area (Å²) in [6, 6.07) is 2.29. The molecule has 1 aliphatic heterocycles. The molecule has 0 unspecified atom stereocenters. The summed E-state index contributed by atoms with van der Waals surface area (Å²) in [5, 5.41) is 2.69. The SMILES string of the molecule is COc1cc(CN(C)C(=O)C[C@H]2NC(=O)N(C3CCCCC3)C2=O)cc(OC)c1OC. The summed E-state index contributed by atoms with van der Waals surface area (Å²) >= 11 is 0. The number of hydrogen-bond acceptors (Lipinski definition) is 6. The average Bonchev–Trinajstić information content (AvgIpc) is 3.05. The monoisotopic (exact) mass is 433 g/mol. The van der Waals surface area contributed by atoms with Crippen molar-refractivity contribution in [1.82, 2.24) is 15.1 Å². The van der Waals surface area contributed by atoms with E-state index in [0.717, 1.165) is 37.7 Å². The highest BCUT2D eigenvalue weighted by Crippen LogP contribution is 2.38. The zero-order valence-corrected chi connectivity index (χ0v) is 18.6. The van der Waals surface area contributed by atoms with Gasteiger partial charge in [-0.15, -0.1) is 0 Å². The normalized spacial score (nSPS) is 19.2. The van der Waals surface area contributed by atoms with Crippen LogP contribution in [0.5, 0.6) is 17.2 Å². The van der Waals surface area contributed by atoms with Crippen molar-refractivity contribution in [3.05, 3.63) is 17.7 Å². The second-order valence-electron chi connectivity index (χ2n) is 7.99. The second-order valence-corrected chi connectivity index (χ2v) is 7.99. The Morgan fingerprint density at radius 1 is 1.06 bits per heavy atom. The number of carbonyl (C=O) groups excluding carboxylic acids is 3. The van der Waals surface area contributed by atoms with Crippen molar-refractivity contribution in [3.8, 4) is 17.2 Å². The van der Waals surface area contributed by atoms with E-state index in [1.54, 1.807) is 19.2 Å². The molecule has 31 heavy (non-hydrogen) atoms. The summed E-state index contributed by atoms with van der Waals surface area (Å²) in [6.07, 6.45) is 4.76. The van der Waals surface area contributed by atoms with Crippen LogP contribution < -0.4 is 19.5 Å². The van der Waals surface area contributed by atoms with Gasteiger partial charge in [-0.05, 0) is 30.5 Å². The minimum absolute atomic E-state index is 0.0571. The van der Waals surface area contributed by atoms with Gasteiger partial charge < -0.3 is 24.4 Å². The number of benzene rings is 1. The van der Waals surface area contributed by atoms with Gasteiger partial charge in [0.1, 0.15) is 6.04 Å². The molecule has 170 valence electrons. The standard InChI is InChI=1S/C22H31N3O6/c1-24(13-14-10-17(29-2)20(31-4)18(11-14)30-3)19(26)12-16-21(27)25(22(28)23-16)15-8-6-5-7-9-15/h10-11,15-16H,5-9,12-13H2,1-4H3,(H,23,28)/t16-/m1/s1. The van der Waals surface area contributed by atoms with E-state index in [9.17, 15) is 14.4 Å². The van der Waals surface area contributed by atoms with Gasteiger partial charge in [0.05, 0.1) is 27.8 Å². The van der Waals surface area contributed by atoms with Crippen LogP contribution in [0, 0.1) is 0 Å². The fourth-order valence-electron chi connectivity index (χ4n) is 4.29. The van der Waals surface area contributed by atoms with Crippen LogP contribution in [0.4, 0.5) is 4.79 Å². The molecule has 1 aromatic carbocycles. The lowest BCUT2D eigenvalue weighted by molar-refractivity contribution is -0.136. The van der Waals surface area contributed by atoms with Gasteiger partial charge in [-0.2, -0.15) is 0 Å². The van der Waals surface area contributed by atoms with Gasteiger partial charge in [-0.25, -0.2) is 4.79 Å². The maximum atomic E-state index is 12.8. The lowest BCUT2D eigenvalue weighted by atomic mass is 9.94.